The van der Waals surface area contributed by atoms with E-state index in [4.69, 9.17) is 4.74 Å². The first-order valence-electron chi connectivity index (χ1n) is 8.96. The molecular formula is C18H22N6O4. The van der Waals surface area contributed by atoms with Gasteiger partial charge >= 0.3 is 11.7 Å². The summed E-state index contributed by atoms with van der Waals surface area (Å²) >= 11 is 0. The van der Waals surface area contributed by atoms with Crippen LogP contribution in [0.5, 0.6) is 0 Å². The maximum absolute atomic E-state index is 12.0. The van der Waals surface area contributed by atoms with Crippen LogP contribution in [0, 0.1) is 10.1 Å². The van der Waals surface area contributed by atoms with Gasteiger partial charge in [0.1, 0.15) is 6.33 Å². The molecule has 10 heteroatoms. The maximum atomic E-state index is 12.0. The average molecular weight is 386 g/mol. The fraction of sp³-hybridized carbons (Fsp3) is 0.389. The smallest absolute Gasteiger partial charge is 0.353 e. The number of likely N-dealkylation sites (N-methyl/N-ethyl adjacent to an activating group) is 1. The molecule has 0 atom stereocenters. The van der Waals surface area contributed by atoms with Gasteiger partial charge in [-0.1, -0.05) is 19.1 Å². The van der Waals surface area contributed by atoms with Crippen molar-refractivity contribution in [3.05, 3.63) is 46.3 Å². The van der Waals surface area contributed by atoms with E-state index in [0.29, 0.717) is 18.8 Å². The number of benzene rings is 1. The van der Waals surface area contributed by atoms with E-state index in [1.54, 1.807) is 24.3 Å². The number of nitro groups is 1. The van der Waals surface area contributed by atoms with Crippen LogP contribution in [-0.4, -0.2) is 65.6 Å². The maximum Gasteiger partial charge on any atom is 0.353 e. The van der Waals surface area contributed by atoms with E-state index in [9.17, 15) is 14.9 Å². The van der Waals surface area contributed by atoms with Gasteiger partial charge in [0, 0.05) is 26.2 Å². The first-order chi connectivity index (χ1) is 13.5. The molecule has 28 heavy (non-hydrogen) atoms. The van der Waals surface area contributed by atoms with Crippen molar-refractivity contribution in [2.45, 2.75) is 6.92 Å². The minimum Gasteiger partial charge on any atom is -0.465 e. The van der Waals surface area contributed by atoms with Gasteiger partial charge in [-0.3, -0.25) is 10.1 Å². The molecule has 1 aliphatic rings. The molecule has 0 unspecified atom stereocenters. The molecule has 1 aliphatic heterocycles. The second kappa shape index (κ2) is 8.61. The summed E-state index contributed by atoms with van der Waals surface area (Å²) in [6.45, 7) is 5.94. The quantitative estimate of drug-likeness (QED) is 0.452. The third-order valence-electron chi connectivity index (χ3n) is 4.69. The standard InChI is InChI=1S/C18H22N6O4/c1-3-22-8-10-23(11-9-22)17-15(24(26)27)16(19-12-20-17)21-14-7-5-4-6-13(14)18(25)28-2/h4-7,12H,3,8-11H2,1-2H3,(H,19,20,21). The van der Waals surface area contributed by atoms with Gasteiger partial charge in [-0.25, -0.2) is 14.8 Å². The first kappa shape index (κ1) is 19.5. The van der Waals surface area contributed by atoms with Gasteiger partial charge in [-0.2, -0.15) is 0 Å². The zero-order valence-corrected chi connectivity index (χ0v) is 15.8. The number of carbonyl (C=O) groups excluding carboxylic acids is 1. The number of nitrogens with one attached hydrogen (secondary N) is 1. The molecule has 1 aromatic heterocycles. The third-order valence-corrected chi connectivity index (χ3v) is 4.69. The number of nitrogens with zero attached hydrogens (tertiary/aromatic N) is 5. The molecule has 2 aromatic rings. The Kier molecular flexibility index (Phi) is 5.99. The summed E-state index contributed by atoms with van der Waals surface area (Å²) in [6.07, 6.45) is 1.29. The van der Waals surface area contributed by atoms with Gasteiger partial charge in [0.25, 0.3) is 0 Å². The summed E-state index contributed by atoms with van der Waals surface area (Å²) < 4.78 is 4.77. The molecule has 0 spiro atoms. The monoisotopic (exact) mass is 386 g/mol. The summed E-state index contributed by atoms with van der Waals surface area (Å²) in [5.74, 6) is -0.242. The molecule has 1 N–H and O–H groups in total. The predicted molar refractivity (Wildman–Crippen MR) is 104 cm³/mol. The number of hydrogen-bond acceptors (Lipinski definition) is 9. The second-order valence-corrected chi connectivity index (χ2v) is 6.24. The van der Waals surface area contributed by atoms with Crippen molar-refractivity contribution in [3.8, 4) is 0 Å². The van der Waals surface area contributed by atoms with Crippen molar-refractivity contribution >= 4 is 29.0 Å². The van der Waals surface area contributed by atoms with E-state index in [-0.39, 0.29) is 22.9 Å². The zero-order valence-electron chi connectivity index (χ0n) is 15.8. The van der Waals surface area contributed by atoms with E-state index < -0.39 is 10.9 Å². The number of ether oxygens (including phenoxy) is 1. The van der Waals surface area contributed by atoms with Crippen LogP contribution in [-0.2, 0) is 4.74 Å². The lowest BCUT2D eigenvalue weighted by Gasteiger charge is -2.34. The van der Waals surface area contributed by atoms with E-state index in [1.807, 2.05) is 4.90 Å². The van der Waals surface area contributed by atoms with Crippen molar-refractivity contribution in [2.75, 3.05) is 50.1 Å². The van der Waals surface area contributed by atoms with Gasteiger partial charge in [-0.15, -0.1) is 0 Å². The summed E-state index contributed by atoms with van der Waals surface area (Å²) in [4.78, 5) is 35.7. The number of methoxy groups -OCH3 is 1. The van der Waals surface area contributed by atoms with Crippen LogP contribution in [0.4, 0.5) is 23.0 Å². The van der Waals surface area contributed by atoms with Gasteiger partial charge in [-0.05, 0) is 18.7 Å². The normalized spacial score (nSPS) is 14.6. The molecule has 3 rings (SSSR count). The minimum atomic E-state index is -0.546. The molecular weight excluding hydrogens is 364 g/mol. The van der Waals surface area contributed by atoms with Gasteiger partial charge in [0.05, 0.1) is 23.3 Å². The van der Waals surface area contributed by atoms with Crippen LogP contribution in [0.2, 0.25) is 0 Å². The van der Waals surface area contributed by atoms with Crippen molar-refractivity contribution in [2.24, 2.45) is 0 Å². The van der Waals surface area contributed by atoms with E-state index in [1.165, 1.54) is 13.4 Å². The van der Waals surface area contributed by atoms with Gasteiger partial charge in [0.2, 0.25) is 11.6 Å². The number of esters is 1. The largest absolute Gasteiger partial charge is 0.465 e. The highest BCUT2D eigenvalue weighted by Crippen LogP contribution is 2.34. The Hall–Kier alpha value is -3.27. The number of aromatic nitrogens is 2. The van der Waals surface area contributed by atoms with Crippen LogP contribution in [0.15, 0.2) is 30.6 Å². The fourth-order valence-corrected chi connectivity index (χ4v) is 3.14. The Morgan fingerprint density at radius 3 is 2.61 bits per heavy atom. The summed E-state index contributed by atoms with van der Waals surface area (Å²) in [5.41, 5.74) is 0.418. The third kappa shape index (κ3) is 4.01. The zero-order chi connectivity index (χ0) is 20.1. The second-order valence-electron chi connectivity index (χ2n) is 6.24. The Morgan fingerprint density at radius 1 is 1.25 bits per heavy atom. The summed E-state index contributed by atoms with van der Waals surface area (Å²) in [6, 6.07) is 6.61. The molecule has 1 aromatic carbocycles. The SMILES string of the molecule is CCN1CCN(c2ncnc(Nc3ccccc3C(=O)OC)c2[N+](=O)[O-])CC1. The number of carbonyl (C=O) groups is 1. The Bertz CT molecular complexity index is 867. The molecule has 148 valence electrons. The molecule has 0 bridgehead atoms. The van der Waals surface area contributed by atoms with Crippen LogP contribution >= 0.6 is 0 Å². The van der Waals surface area contributed by atoms with E-state index in [2.05, 4.69) is 27.1 Å². The lowest BCUT2D eigenvalue weighted by Crippen LogP contribution is -2.46. The Morgan fingerprint density at radius 2 is 1.96 bits per heavy atom. The lowest BCUT2D eigenvalue weighted by atomic mass is 10.1. The molecule has 1 saturated heterocycles. The van der Waals surface area contributed by atoms with Crippen molar-refractivity contribution in [1.29, 1.82) is 0 Å². The highest BCUT2D eigenvalue weighted by Gasteiger charge is 2.29. The van der Waals surface area contributed by atoms with Crippen molar-refractivity contribution in [1.82, 2.24) is 14.9 Å². The van der Waals surface area contributed by atoms with Crippen molar-refractivity contribution < 1.29 is 14.5 Å². The highest BCUT2D eigenvalue weighted by atomic mass is 16.6. The molecule has 0 saturated carbocycles. The number of rotatable bonds is 6. The Labute approximate surface area is 162 Å². The van der Waals surface area contributed by atoms with Crippen LogP contribution in [0.3, 0.4) is 0 Å². The van der Waals surface area contributed by atoms with Gasteiger partial charge in [0.15, 0.2) is 0 Å². The molecule has 10 nitrogen and oxygen atoms in total. The molecule has 2 heterocycles. The van der Waals surface area contributed by atoms with E-state index in [0.717, 1.165) is 19.6 Å². The molecule has 0 radical (unpaired) electrons. The lowest BCUT2D eigenvalue weighted by molar-refractivity contribution is -0.383. The fourth-order valence-electron chi connectivity index (χ4n) is 3.14. The van der Waals surface area contributed by atoms with E-state index >= 15 is 0 Å². The summed E-state index contributed by atoms with van der Waals surface area (Å²) in [7, 11) is 1.28. The van der Waals surface area contributed by atoms with Crippen LogP contribution < -0.4 is 10.2 Å². The topological polar surface area (TPSA) is 114 Å². The molecule has 0 amide bonds. The molecule has 1 fully saturated rings. The highest BCUT2D eigenvalue weighted by molar-refractivity contribution is 5.96. The number of piperazine rings is 1. The number of hydrogen-bond donors (Lipinski definition) is 1. The van der Waals surface area contributed by atoms with Crippen LogP contribution in [0.1, 0.15) is 17.3 Å². The van der Waals surface area contributed by atoms with Crippen molar-refractivity contribution in [3.63, 3.8) is 0 Å². The number of anilines is 3. The average Bonchev–Trinajstić information content (AvgIpc) is 2.73. The van der Waals surface area contributed by atoms with Crippen LogP contribution in [0.25, 0.3) is 0 Å². The predicted octanol–water partition coefficient (Wildman–Crippen LogP) is 2.06. The minimum absolute atomic E-state index is 0.0317. The first-order valence-corrected chi connectivity index (χ1v) is 8.96. The number of para-hydroxylation sites is 1. The Balaban J connectivity index is 1.95. The molecule has 0 aliphatic carbocycles. The summed E-state index contributed by atoms with van der Waals surface area (Å²) in [5, 5.41) is 14.7. The van der Waals surface area contributed by atoms with Gasteiger partial charge < -0.3 is 19.9 Å².